The van der Waals surface area contributed by atoms with Crippen molar-refractivity contribution in [1.29, 1.82) is 0 Å². The molecule has 0 radical (unpaired) electrons. The Balaban J connectivity index is 2.52. The van der Waals surface area contributed by atoms with Crippen molar-refractivity contribution in [3.8, 4) is 0 Å². The van der Waals surface area contributed by atoms with Gasteiger partial charge in [0, 0.05) is 0 Å². The summed E-state index contributed by atoms with van der Waals surface area (Å²) in [7, 11) is -3.42. The van der Waals surface area contributed by atoms with Gasteiger partial charge in [0.1, 0.15) is 0 Å². The highest BCUT2D eigenvalue weighted by Gasteiger charge is 2.37. The van der Waals surface area contributed by atoms with E-state index >= 15 is 0 Å². The van der Waals surface area contributed by atoms with Crippen molar-refractivity contribution in [2.24, 2.45) is 5.73 Å². The van der Waals surface area contributed by atoms with Crippen molar-refractivity contribution >= 4 is 15.9 Å². The molecule has 76 valence electrons. The van der Waals surface area contributed by atoms with Crippen molar-refractivity contribution < 1.29 is 13.2 Å². The monoisotopic (exact) mass is 206 g/mol. The molecule has 1 aliphatic rings. The normalized spacial score (nSPS) is 19.5. The van der Waals surface area contributed by atoms with Crippen LogP contribution in [0.25, 0.3) is 0 Å². The minimum atomic E-state index is -3.42. The van der Waals surface area contributed by atoms with Crippen LogP contribution >= 0.6 is 0 Å². The van der Waals surface area contributed by atoms with Crippen LogP contribution in [-0.4, -0.2) is 25.6 Å². The van der Waals surface area contributed by atoms with E-state index in [0.29, 0.717) is 19.3 Å². The molecule has 0 aliphatic heterocycles. The lowest BCUT2D eigenvalue weighted by Gasteiger charge is -2.09. The molecule has 0 bridgehead atoms. The van der Waals surface area contributed by atoms with Gasteiger partial charge in [-0.25, -0.2) is 8.42 Å². The summed E-state index contributed by atoms with van der Waals surface area (Å²) in [6.07, 6.45) is 1.72. The van der Waals surface area contributed by atoms with Gasteiger partial charge in [-0.15, -0.1) is 0 Å². The molecule has 0 heterocycles. The fourth-order valence-electron chi connectivity index (χ4n) is 0.863. The third kappa shape index (κ3) is 2.67. The minimum Gasteiger partial charge on any atom is -0.320 e. The van der Waals surface area contributed by atoms with Crippen LogP contribution in [0.3, 0.4) is 0 Å². The molecule has 0 aromatic carbocycles. The van der Waals surface area contributed by atoms with Gasteiger partial charge in [-0.3, -0.25) is 9.52 Å². The maximum Gasteiger partial charge on any atom is 0.250 e. The summed E-state index contributed by atoms with van der Waals surface area (Å²) >= 11 is 0. The molecule has 6 heteroatoms. The number of nitrogens with one attached hydrogen (secondary N) is 1. The van der Waals surface area contributed by atoms with E-state index in [1.165, 1.54) is 0 Å². The molecule has 13 heavy (non-hydrogen) atoms. The van der Waals surface area contributed by atoms with Gasteiger partial charge >= 0.3 is 0 Å². The van der Waals surface area contributed by atoms with Crippen molar-refractivity contribution in [2.45, 2.75) is 37.5 Å². The quantitative estimate of drug-likeness (QED) is 0.638. The van der Waals surface area contributed by atoms with E-state index < -0.39 is 22.0 Å². The van der Waals surface area contributed by atoms with Crippen LogP contribution in [-0.2, 0) is 14.8 Å². The number of sulfonamides is 1. The average molecular weight is 206 g/mol. The molecule has 1 amide bonds. The Kier molecular flexibility index (Phi) is 2.92. The molecule has 1 atom stereocenters. The van der Waals surface area contributed by atoms with Crippen LogP contribution in [0.15, 0.2) is 0 Å². The lowest BCUT2D eigenvalue weighted by Crippen LogP contribution is -2.44. The topological polar surface area (TPSA) is 89.3 Å². The first kappa shape index (κ1) is 10.5. The Morgan fingerprint density at radius 2 is 2.15 bits per heavy atom. The van der Waals surface area contributed by atoms with Gasteiger partial charge < -0.3 is 5.73 Å². The molecule has 3 N–H and O–H groups in total. The average Bonchev–Trinajstić information content (AvgIpc) is 2.84. The SMILES string of the molecule is CCC(N)C(=O)NS(=O)(=O)C1CC1. The first-order chi connectivity index (χ1) is 5.97. The van der Waals surface area contributed by atoms with Gasteiger partial charge in [-0.2, -0.15) is 0 Å². The fourth-order valence-corrected chi connectivity index (χ4v) is 2.22. The van der Waals surface area contributed by atoms with E-state index in [1.54, 1.807) is 6.92 Å². The Morgan fingerprint density at radius 3 is 2.54 bits per heavy atom. The zero-order valence-electron chi connectivity index (χ0n) is 7.49. The van der Waals surface area contributed by atoms with Crippen LogP contribution in [0.2, 0.25) is 0 Å². The first-order valence-corrected chi connectivity index (χ1v) is 5.83. The third-order valence-electron chi connectivity index (χ3n) is 1.98. The second-order valence-corrected chi connectivity index (χ2v) is 5.19. The molecule has 0 aromatic heterocycles. The molecule has 5 nitrogen and oxygen atoms in total. The second kappa shape index (κ2) is 3.63. The molecular formula is C7H14N2O3S. The zero-order valence-corrected chi connectivity index (χ0v) is 8.30. The largest absolute Gasteiger partial charge is 0.320 e. The molecule has 1 aliphatic carbocycles. The van der Waals surface area contributed by atoms with Crippen LogP contribution in [0.5, 0.6) is 0 Å². The molecule has 1 unspecified atom stereocenters. The van der Waals surface area contributed by atoms with Gasteiger partial charge in [0.05, 0.1) is 11.3 Å². The van der Waals surface area contributed by atoms with Crippen molar-refractivity contribution in [1.82, 2.24) is 4.72 Å². The highest BCUT2D eigenvalue weighted by molar-refractivity contribution is 7.90. The third-order valence-corrected chi connectivity index (χ3v) is 3.82. The molecule has 0 saturated heterocycles. The number of carbonyl (C=O) groups excluding carboxylic acids is 1. The summed E-state index contributed by atoms with van der Waals surface area (Å²) in [6.45, 7) is 1.73. The van der Waals surface area contributed by atoms with Crippen LogP contribution < -0.4 is 10.5 Å². The van der Waals surface area contributed by atoms with Gasteiger partial charge in [0.25, 0.3) is 0 Å². The lowest BCUT2D eigenvalue weighted by atomic mass is 10.2. The number of hydrogen-bond donors (Lipinski definition) is 2. The summed E-state index contributed by atoms with van der Waals surface area (Å²) < 4.78 is 24.4. The van der Waals surface area contributed by atoms with Crippen LogP contribution in [0, 0.1) is 0 Å². The minimum absolute atomic E-state index is 0.375. The number of carbonyl (C=O) groups is 1. The van der Waals surface area contributed by atoms with E-state index in [1.807, 2.05) is 4.72 Å². The van der Waals surface area contributed by atoms with Crippen molar-refractivity contribution in [3.63, 3.8) is 0 Å². The zero-order chi connectivity index (χ0) is 10.1. The molecule has 1 rings (SSSR count). The van der Waals surface area contributed by atoms with E-state index in [-0.39, 0.29) is 5.25 Å². The number of amides is 1. The van der Waals surface area contributed by atoms with Crippen LogP contribution in [0.4, 0.5) is 0 Å². The van der Waals surface area contributed by atoms with Gasteiger partial charge in [0.2, 0.25) is 15.9 Å². The van der Waals surface area contributed by atoms with Crippen LogP contribution in [0.1, 0.15) is 26.2 Å². The standard InChI is InChI=1S/C7H14N2O3S/c1-2-6(8)7(10)9-13(11,12)5-3-4-5/h5-6H,2-4,8H2,1H3,(H,9,10). The molecule has 1 fully saturated rings. The fraction of sp³-hybridized carbons (Fsp3) is 0.857. The number of hydrogen-bond acceptors (Lipinski definition) is 4. The Hall–Kier alpha value is -0.620. The predicted octanol–water partition coefficient (Wildman–Crippen LogP) is -0.668. The highest BCUT2D eigenvalue weighted by atomic mass is 32.2. The van der Waals surface area contributed by atoms with E-state index in [4.69, 9.17) is 5.73 Å². The predicted molar refractivity (Wildman–Crippen MR) is 48.4 cm³/mol. The summed E-state index contributed by atoms with van der Waals surface area (Å²) in [5, 5.41) is -0.375. The molecular weight excluding hydrogens is 192 g/mol. The molecule has 0 spiro atoms. The summed E-state index contributed by atoms with van der Waals surface area (Å²) in [5.74, 6) is -0.602. The van der Waals surface area contributed by atoms with Crippen molar-refractivity contribution in [3.05, 3.63) is 0 Å². The maximum atomic E-state index is 11.2. The number of rotatable bonds is 4. The van der Waals surface area contributed by atoms with Gasteiger partial charge in [-0.1, -0.05) is 6.92 Å². The van der Waals surface area contributed by atoms with E-state index in [9.17, 15) is 13.2 Å². The Morgan fingerprint density at radius 1 is 1.62 bits per heavy atom. The second-order valence-electron chi connectivity index (χ2n) is 3.23. The van der Waals surface area contributed by atoms with Gasteiger partial charge in [-0.05, 0) is 19.3 Å². The molecule has 0 aromatic rings. The van der Waals surface area contributed by atoms with E-state index in [0.717, 1.165) is 0 Å². The smallest absolute Gasteiger partial charge is 0.250 e. The van der Waals surface area contributed by atoms with Crippen molar-refractivity contribution in [2.75, 3.05) is 0 Å². The van der Waals surface area contributed by atoms with Gasteiger partial charge in [0.15, 0.2) is 0 Å². The Labute approximate surface area is 77.7 Å². The Bertz CT molecular complexity index is 295. The summed E-state index contributed by atoms with van der Waals surface area (Å²) in [6, 6.07) is -0.728. The van der Waals surface area contributed by atoms with E-state index in [2.05, 4.69) is 0 Å². The molecule has 1 saturated carbocycles. The summed E-state index contributed by atoms with van der Waals surface area (Å²) in [4.78, 5) is 11.1. The lowest BCUT2D eigenvalue weighted by molar-refractivity contribution is -0.120. The first-order valence-electron chi connectivity index (χ1n) is 4.28. The maximum absolute atomic E-state index is 11.2. The number of nitrogens with two attached hydrogens (primary N) is 1. The summed E-state index contributed by atoms with van der Waals surface area (Å²) in [5.41, 5.74) is 5.37. The highest BCUT2D eigenvalue weighted by Crippen LogP contribution is 2.27.